The number of rotatable bonds is 4. The number of piperidine rings is 1. The van der Waals surface area contributed by atoms with E-state index in [2.05, 4.69) is 5.32 Å². The molecule has 1 saturated heterocycles. The zero-order chi connectivity index (χ0) is 14.5. The average molecular weight is 279 g/mol. The van der Waals surface area contributed by atoms with Crippen LogP contribution in [0.4, 0.5) is 16.2 Å². The van der Waals surface area contributed by atoms with Gasteiger partial charge in [0.2, 0.25) is 0 Å². The molecule has 1 fully saturated rings. The highest BCUT2D eigenvalue weighted by Gasteiger charge is 2.23. The smallest absolute Gasteiger partial charge is 0.407 e. The monoisotopic (exact) mass is 279 g/mol. The van der Waals surface area contributed by atoms with Gasteiger partial charge in [-0.25, -0.2) is 4.79 Å². The van der Waals surface area contributed by atoms with E-state index in [4.69, 9.17) is 5.11 Å². The number of para-hydroxylation sites is 2. The first kappa shape index (κ1) is 14.1. The Hall–Kier alpha value is -2.31. The predicted octanol–water partition coefficient (Wildman–Crippen LogP) is 2.40. The molecule has 0 spiro atoms. The fourth-order valence-electron chi connectivity index (χ4n) is 2.44. The zero-order valence-corrected chi connectivity index (χ0v) is 11.0. The van der Waals surface area contributed by atoms with Crippen LogP contribution >= 0.6 is 0 Å². The molecule has 0 aromatic heterocycles. The zero-order valence-electron chi connectivity index (χ0n) is 11.0. The van der Waals surface area contributed by atoms with Crippen LogP contribution in [0.2, 0.25) is 0 Å². The van der Waals surface area contributed by atoms with Crippen LogP contribution in [0.3, 0.4) is 0 Å². The number of carbonyl (C=O) groups is 1. The first-order valence-electron chi connectivity index (χ1n) is 6.53. The second-order valence-corrected chi connectivity index (χ2v) is 4.89. The summed E-state index contributed by atoms with van der Waals surface area (Å²) in [6, 6.07) is 6.47. The molecule has 7 heteroatoms. The Labute approximate surface area is 116 Å². The molecular weight excluding hydrogens is 262 g/mol. The van der Waals surface area contributed by atoms with Crippen LogP contribution < -0.4 is 5.32 Å². The van der Waals surface area contributed by atoms with E-state index in [1.54, 1.807) is 18.2 Å². The Balaban J connectivity index is 1.95. The fourth-order valence-corrected chi connectivity index (χ4v) is 2.44. The topological polar surface area (TPSA) is 95.7 Å². The van der Waals surface area contributed by atoms with Crippen molar-refractivity contribution < 1.29 is 14.8 Å². The summed E-state index contributed by atoms with van der Waals surface area (Å²) in [4.78, 5) is 22.8. The van der Waals surface area contributed by atoms with E-state index in [9.17, 15) is 14.9 Å². The molecule has 0 aliphatic carbocycles. The van der Waals surface area contributed by atoms with Crippen LogP contribution in [0, 0.1) is 16.0 Å². The molecule has 1 atom stereocenters. The van der Waals surface area contributed by atoms with Crippen molar-refractivity contribution in [2.75, 3.05) is 25.0 Å². The minimum Gasteiger partial charge on any atom is -0.465 e. The highest BCUT2D eigenvalue weighted by Crippen LogP contribution is 2.24. The number of nitro groups is 1. The van der Waals surface area contributed by atoms with Crippen molar-refractivity contribution in [2.24, 2.45) is 5.92 Å². The summed E-state index contributed by atoms with van der Waals surface area (Å²) in [6.45, 7) is 1.58. The quantitative estimate of drug-likeness (QED) is 0.651. The van der Waals surface area contributed by atoms with Gasteiger partial charge in [0, 0.05) is 25.7 Å². The lowest BCUT2D eigenvalue weighted by Gasteiger charge is -2.30. The number of benzene rings is 1. The predicted molar refractivity (Wildman–Crippen MR) is 73.9 cm³/mol. The second kappa shape index (κ2) is 6.23. The minimum atomic E-state index is -0.902. The first-order valence-corrected chi connectivity index (χ1v) is 6.53. The second-order valence-electron chi connectivity index (χ2n) is 4.89. The Bertz CT molecular complexity index is 506. The van der Waals surface area contributed by atoms with Crippen LogP contribution in [0.5, 0.6) is 0 Å². The summed E-state index contributed by atoms with van der Waals surface area (Å²) in [5.74, 6) is 0.180. The minimum absolute atomic E-state index is 0.0402. The van der Waals surface area contributed by atoms with Gasteiger partial charge < -0.3 is 15.3 Å². The molecule has 1 aliphatic heterocycles. The van der Waals surface area contributed by atoms with Gasteiger partial charge in [0.1, 0.15) is 5.69 Å². The van der Waals surface area contributed by atoms with E-state index in [1.165, 1.54) is 11.0 Å². The molecule has 1 heterocycles. The van der Waals surface area contributed by atoms with Crippen molar-refractivity contribution in [3.63, 3.8) is 0 Å². The highest BCUT2D eigenvalue weighted by atomic mass is 16.6. The fraction of sp³-hybridized carbons (Fsp3) is 0.462. The van der Waals surface area contributed by atoms with Gasteiger partial charge >= 0.3 is 6.09 Å². The molecule has 1 aliphatic rings. The molecule has 108 valence electrons. The van der Waals surface area contributed by atoms with Gasteiger partial charge in [-0.2, -0.15) is 0 Å². The number of nitro benzene ring substituents is 1. The van der Waals surface area contributed by atoms with Gasteiger partial charge in [0.05, 0.1) is 4.92 Å². The van der Waals surface area contributed by atoms with E-state index < -0.39 is 11.0 Å². The lowest BCUT2D eigenvalue weighted by Crippen LogP contribution is -2.41. The third-order valence-electron chi connectivity index (χ3n) is 3.47. The van der Waals surface area contributed by atoms with Gasteiger partial charge in [-0.15, -0.1) is 0 Å². The maximum atomic E-state index is 10.9. The molecular formula is C13H17N3O4. The van der Waals surface area contributed by atoms with Gasteiger partial charge in [-0.3, -0.25) is 10.1 Å². The SMILES string of the molecule is O=C(O)N1CCCC(CNc2ccccc2[N+](=O)[O-])C1. The number of nitrogens with one attached hydrogen (secondary N) is 1. The summed E-state index contributed by atoms with van der Waals surface area (Å²) in [5.41, 5.74) is 0.517. The van der Waals surface area contributed by atoms with Crippen LogP contribution in [-0.4, -0.2) is 40.7 Å². The summed E-state index contributed by atoms with van der Waals surface area (Å²) >= 11 is 0. The lowest BCUT2D eigenvalue weighted by atomic mass is 9.98. The molecule has 1 unspecified atom stereocenters. The van der Waals surface area contributed by atoms with Crippen molar-refractivity contribution in [1.29, 1.82) is 0 Å². The molecule has 0 radical (unpaired) electrons. The Morgan fingerprint density at radius 2 is 2.25 bits per heavy atom. The Kier molecular flexibility index (Phi) is 4.39. The maximum Gasteiger partial charge on any atom is 0.407 e. The molecule has 0 bridgehead atoms. The van der Waals surface area contributed by atoms with Crippen LogP contribution in [0.15, 0.2) is 24.3 Å². The molecule has 20 heavy (non-hydrogen) atoms. The largest absolute Gasteiger partial charge is 0.465 e. The number of carboxylic acid groups (broad SMARTS) is 1. The summed E-state index contributed by atoms with van der Waals surface area (Å²) < 4.78 is 0. The van der Waals surface area contributed by atoms with Gasteiger partial charge in [0.25, 0.3) is 5.69 Å². The molecule has 7 nitrogen and oxygen atoms in total. The first-order chi connectivity index (χ1) is 9.58. The van der Waals surface area contributed by atoms with Crippen LogP contribution in [-0.2, 0) is 0 Å². The third-order valence-corrected chi connectivity index (χ3v) is 3.47. The molecule has 1 aromatic rings. The average Bonchev–Trinajstić information content (AvgIpc) is 2.45. The van der Waals surface area contributed by atoms with Crippen molar-refractivity contribution in [3.8, 4) is 0 Å². The normalized spacial score (nSPS) is 18.6. The number of hydrogen-bond acceptors (Lipinski definition) is 4. The molecule has 2 N–H and O–H groups in total. The molecule has 2 rings (SSSR count). The lowest BCUT2D eigenvalue weighted by molar-refractivity contribution is -0.384. The Morgan fingerprint density at radius 1 is 1.50 bits per heavy atom. The maximum absolute atomic E-state index is 10.9. The van der Waals surface area contributed by atoms with Crippen molar-refractivity contribution in [2.45, 2.75) is 12.8 Å². The highest BCUT2D eigenvalue weighted by molar-refractivity contribution is 5.65. The Morgan fingerprint density at radius 3 is 2.95 bits per heavy atom. The molecule has 1 aromatic carbocycles. The van der Waals surface area contributed by atoms with Crippen molar-refractivity contribution in [1.82, 2.24) is 4.90 Å². The van der Waals surface area contributed by atoms with E-state index in [0.29, 0.717) is 25.3 Å². The standard InChI is InChI=1S/C13H17N3O4/c17-13(18)15-7-3-4-10(9-15)8-14-11-5-1-2-6-12(11)16(19)20/h1-2,5-6,10,14H,3-4,7-9H2,(H,17,18). The van der Waals surface area contributed by atoms with Gasteiger partial charge in [-0.1, -0.05) is 12.1 Å². The number of likely N-dealkylation sites (tertiary alicyclic amines) is 1. The molecule has 1 amide bonds. The molecule has 0 saturated carbocycles. The number of anilines is 1. The number of nitrogens with zero attached hydrogens (tertiary/aromatic N) is 2. The van der Waals surface area contributed by atoms with Gasteiger partial charge in [-0.05, 0) is 24.8 Å². The van der Waals surface area contributed by atoms with Crippen molar-refractivity contribution >= 4 is 17.5 Å². The van der Waals surface area contributed by atoms with E-state index in [-0.39, 0.29) is 11.6 Å². The van der Waals surface area contributed by atoms with Crippen molar-refractivity contribution in [3.05, 3.63) is 34.4 Å². The van der Waals surface area contributed by atoms with Crippen LogP contribution in [0.25, 0.3) is 0 Å². The van der Waals surface area contributed by atoms with E-state index >= 15 is 0 Å². The number of hydrogen-bond donors (Lipinski definition) is 2. The summed E-state index contributed by atoms with van der Waals surface area (Å²) in [5, 5.41) is 22.9. The summed E-state index contributed by atoms with van der Waals surface area (Å²) in [6.07, 6.45) is 0.854. The van der Waals surface area contributed by atoms with Gasteiger partial charge in [0.15, 0.2) is 0 Å². The third kappa shape index (κ3) is 3.37. The summed E-state index contributed by atoms with van der Waals surface area (Å²) in [7, 11) is 0. The van der Waals surface area contributed by atoms with Crippen LogP contribution in [0.1, 0.15) is 12.8 Å². The van der Waals surface area contributed by atoms with E-state index in [1.807, 2.05) is 0 Å². The number of amides is 1. The van der Waals surface area contributed by atoms with E-state index in [0.717, 1.165) is 12.8 Å².